The molecular formula is C29H35N5O2S. The van der Waals surface area contributed by atoms with Gasteiger partial charge in [-0.15, -0.1) is 11.3 Å². The molecule has 0 amide bonds. The standard InChI is InChI=1S/C29H35N5O2S/c1-28(35)19-29(30,20-28)24-9-7-21(8-10-24)25-26(22-5-3-2-4-6-22)37-27(32-25)23-17-31-34(18-23)12-11-33-13-15-36-16-14-33/h2-9,17-18,24,35H,10-16,19-20,30H2,1H3. The van der Waals surface area contributed by atoms with Crippen molar-refractivity contribution in [2.75, 3.05) is 32.8 Å². The summed E-state index contributed by atoms with van der Waals surface area (Å²) in [6.07, 6.45) is 12.9. The quantitative estimate of drug-likeness (QED) is 0.488. The largest absolute Gasteiger partial charge is 0.390 e. The number of hydrogen-bond donors (Lipinski definition) is 2. The summed E-state index contributed by atoms with van der Waals surface area (Å²) >= 11 is 1.72. The first-order chi connectivity index (χ1) is 17.9. The van der Waals surface area contributed by atoms with Gasteiger partial charge in [-0.3, -0.25) is 9.58 Å². The molecule has 1 atom stereocenters. The van der Waals surface area contributed by atoms with Crippen molar-refractivity contribution in [1.29, 1.82) is 0 Å². The van der Waals surface area contributed by atoms with Gasteiger partial charge in [-0.1, -0.05) is 48.6 Å². The molecule has 37 heavy (non-hydrogen) atoms. The topological polar surface area (TPSA) is 89.4 Å². The number of thiazole rings is 1. The maximum atomic E-state index is 10.2. The lowest BCUT2D eigenvalue weighted by Gasteiger charge is -2.53. The highest BCUT2D eigenvalue weighted by molar-refractivity contribution is 7.18. The molecule has 7 nitrogen and oxygen atoms in total. The van der Waals surface area contributed by atoms with Crippen LogP contribution in [0.4, 0.5) is 0 Å². The first kappa shape index (κ1) is 24.7. The van der Waals surface area contributed by atoms with Gasteiger partial charge in [0.15, 0.2) is 0 Å². The number of allylic oxidation sites excluding steroid dienone is 3. The Kier molecular flexibility index (Phi) is 6.63. The highest BCUT2D eigenvalue weighted by Crippen LogP contribution is 2.47. The van der Waals surface area contributed by atoms with Crippen LogP contribution < -0.4 is 5.73 Å². The first-order valence-corrected chi connectivity index (χ1v) is 14.0. The van der Waals surface area contributed by atoms with Crippen molar-refractivity contribution >= 4 is 16.9 Å². The van der Waals surface area contributed by atoms with Crippen molar-refractivity contribution in [3.05, 3.63) is 66.6 Å². The highest BCUT2D eigenvalue weighted by atomic mass is 32.1. The summed E-state index contributed by atoms with van der Waals surface area (Å²) < 4.78 is 7.48. The molecule has 1 saturated carbocycles. The molecule has 2 fully saturated rings. The molecule has 1 aliphatic heterocycles. The van der Waals surface area contributed by atoms with Crippen LogP contribution in [0.1, 0.15) is 31.9 Å². The average molecular weight is 518 g/mol. The van der Waals surface area contributed by atoms with Crippen molar-refractivity contribution in [1.82, 2.24) is 19.7 Å². The van der Waals surface area contributed by atoms with E-state index in [0.29, 0.717) is 12.8 Å². The van der Waals surface area contributed by atoms with E-state index >= 15 is 0 Å². The van der Waals surface area contributed by atoms with Gasteiger partial charge in [-0.05, 0) is 43.2 Å². The van der Waals surface area contributed by atoms with E-state index in [2.05, 4.69) is 58.7 Å². The molecule has 2 aromatic heterocycles. The van der Waals surface area contributed by atoms with Crippen LogP contribution in [0.15, 0.2) is 61.0 Å². The Morgan fingerprint density at radius 3 is 2.62 bits per heavy atom. The zero-order chi connectivity index (χ0) is 25.5. The molecule has 0 radical (unpaired) electrons. The second kappa shape index (κ2) is 9.93. The lowest BCUT2D eigenvalue weighted by atomic mass is 9.59. The number of benzene rings is 1. The predicted octanol–water partition coefficient (Wildman–Crippen LogP) is 4.21. The monoisotopic (exact) mass is 517 g/mol. The molecule has 1 aromatic carbocycles. The minimum absolute atomic E-state index is 0.236. The van der Waals surface area contributed by atoms with Gasteiger partial charge in [0.25, 0.3) is 0 Å². The summed E-state index contributed by atoms with van der Waals surface area (Å²) in [4.78, 5) is 8.72. The Bertz CT molecular complexity index is 1290. The minimum atomic E-state index is -0.635. The second-order valence-corrected chi connectivity index (χ2v) is 12.0. The molecule has 3 aromatic rings. The minimum Gasteiger partial charge on any atom is -0.390 e. The first-order valence-electron chi connectivity index (χ1n) is 13.2. The van der Waals surface area contributed by atoms with Crippen LogP contribution in [0.5, 0.6) is 0 Å². The van der Waals surface area contributed by atoms with Gasteiger partial charge in [-0.2, -0.15) is 5.10 Å². The second-order valence-electron chi connectivity index (χ2n) is 11.0. The summed E-state index contributed by atoms with van der Waals surface area (Å²) in [5.74, 6) is 0.236. The third-order valence-electron chi connectivity index (χ3n) is 7.82. The SMILES string of the molecule is CC1(O)CC(N)(C2C=CC(c3nc(-c4cnn(CCN5CCOCC5)c4)sc3-c3ccccc3)=CC2)C1. The predicted molar refractivity (Wildman–Crippen MR) is 148 cm³/mol. The molecule has 3 heterocycles. The fourth-order valence-corrected chi connectivity index (χ4v) is 7.01. The Labute approximate surface area is 222 Å². The highest BCUT2D eigenvalue weighted by Gasteiger charge is 2.51. The van der Waals surface area contributed by atoms with Gasteiger partial charge in [0.1, 0.15) is 5.01 Å². The third-order valence-corrected chi connectivity index (χ3v) is 8.98. The molecule has 194 valence electrons. The van der Waals surface area contributed by atoms with Gasteiger partial charge >= 0.3 is 0 Å². The molecule has 6 rings (SSSR count). The van der Waals surface area contributed by atoms with Gasteiger partial charge in [-0.25, -0.2) is 4.98 Å². The molecule has 1 saturated heterocycles. The summed E-state index contributed by atoms with van der Waals surface area (Å²) in [7, 11) is 0. The smallest absolute Gasteiger partial charge is 0.127 e. The molecule has 3 aliphatic rings. The third kappa shape index (κ3) is 5.22. The summed E-state index contributed by atoms with van der Waals surface area (Å²) in [5.41, 5.74) is 10.0. The van der Waals surface area contributed by atoms with Crippen molar-refractivity contribution in [3.63, 3.8) is 0 Å². The van der Waals surface area contributed by atoms with E-state index in [1.54, 1.807) is 11.3 Å². The van der Waals surface area contributed by atoms with Crippen LogP contribution in [-0.2, 0) is 11.3 Å². The van der Waals surface area contributed by atoms with Crippen molar-refractivity contribution in [2.45, 2.75) is 43.9 Å². The van der Waals surface area contributed by atoms with Gasteiger partial charge in [0.05, 0.1) is 42.1 Å². The van der Waals surface area contributed by atoms with E-state index in [-0.39, 0.29) is 11.5 Å². The van der Waals surface area contributed by atoms with Crippen molar-refractivity contribution in [3.8, 4) is 21.0 Å². The number of hydrogen-bond acceptors (Lipinski definition) is 7. The van der Waals surface area contributed by atoms with Gasteiger partial charge in [0.2, 0.25) is 0 Å². The number of rotatable bonds is 7. The summed E-state index contributed by atoms with van der Waals surface area (Å²) in [6, 6.07) is 10.5. The van der Waals surface area contributed by atoms with Gasteiger partial charge < -0.3 is 15.6 Å². The van der Waals surface area contributed by atoms with E-state index in [4.69, 9.17) is 15.5 Å². The van der Waals surface area contributed by atoms with E-state index in [9.17, 15) is 5.11 Å². The Morgan fingerprint density at radius 1 is 1.14 bits per heavy atom. The van der Waals surface area contributed by atoms with E-state index in [0.717, 1.165) is 67.7 Å². The fraction of sp³-hybridized carbons (Fsp3) is 0.448. The van der Waals surface area contributed by atoms with E-state index in [1.165, 1.54) is 10.4 Å². The van der Waals surface area contributed by atoms with Crippen LogP contribution in [0.2, 0.25) is 0 Å². The molecule has 3 N–H and O–H groups in total. The zero-order valence-corrected chi connectivity index (χ0v) is 22.2. The summed E-state index contributed by atoms with van der Waals surface area (Å²) in [5, 5.41) is 15.9. The van der Waals surface area contributed by atoms with Gasteiger partial charge in [0, 0.05) is 36.9 Å². The number of nitrogens with zero attached hydrogens (tertiary/aromatic N) is 4. The van der Waals surface area contributed by atoms with Crippen LogP contribution in [-0.4, -0.2) is 68.8 Å². The van der Waals surface area contributed by atoms with E-state index in [1.807, 2.05) is 23.9 Å². The maximum Gasteiger partial charge on any atom is 0.127 e. The molecular weight excluding hydrogens is 482 g/mol. The van der Waals surface area contributed by atoms with Crippen LogP contribution in [0.25, 0.3) is 26.6 Å². The molecule has 8 heteroatoms. The van der Waals surface area contributed by atoms with Crippen molar-refractivity contribution < 1.29 is 9.84 Å². The van der Waals surface area contributed by atoms with Crippen LogP contribution in [0.3, 0.4) is 0 Å². The number of nitrogens with two attached hydrogens (primary N) is 1. The fourth-order valence-electron chi connectivity index (χ4n) is 5.94. The number of ether oxygens (including phenoxy) is 1. The average Bonchev–Trinajstić information content (AvgIpc) is 3.55. The molecule has 1 unspecified atom stereocenters. The number of aromatic nitrogens is 3. The van der Waals surface area contributed by atoms with E-state index < -0.39 is 5.60 Å². The maximum absolute atomic E-state index is 10.2. The lowest BCUT2D eigenvalue weighted by molar-refractivity contribution is -0.0851. The molecule has 0 spiro atoms. The number of morpholine rings is 1. The molecule has 2 aliphatic carbocycles. The van der Waals surface area contributed by atoms with Crippen LogP contribution in [0, 0.1) is 5.92 Å². The van der Waals surface area contributed by atoms with Crippen molar-refractivity contribution in [2.24, 2.45) is 11.7 Å². The normalized spacial score (nSPS) is 28.2. The lowest BCUT2D eigenvalue weighted by Crippen LogP contribution is -2.64. The Balaban J connectivity index is 1.23. The Hall–Kier alpha value is -2.62. The molecule has 0 bridgehead atoms. The Morgan fingerprint density at radius 2 is 1.92 bits per heavy atom. The summed E-state index contributed by atoms with van der Waals surface area (Å²) in [6.45, 7) is 7.29. The van der Waals surface area contributed by atoms with Crippen LogP contribution >= 0.6 is 11.3 Å². The number of aliphatic hydroxyl groups is 1. The zero-order valence-electron chi connectivity index (χ0n) is 21.3.